The second kappa shape index (κ2) is 8.25. The van der Waals surface area contributed by atoms with Gasteiger partial charge in [0.2, 0.25) is 0 Å². The summed E-state index contributed by atoms with van der Waals surface area (Å²) in [5.41, 5.74) is 0.864. The average Bonchev–Trinajstić information content (AvgIpc) is 3.17. The zero-order valence-corrected chi connectivity index (χ0v) is 13.8. The highest BCUT2D eigenvalue weighted by atomic mass is 35.5. The van der Waals surface area contributed by atoms with Gasteiger partial charge in [-0.3, -0.25) is 10.1 Å². The normalized spacial score (nSPS) is 19.9. The van der Waals surface area contributed by atoms with Gasteiger partial charge in [-0.05, 0) is 24.3 Å². The van der Waals surface area contributed by atoms with Gasteiger partial charge in [0.15, 0.2) is 0 Å². The number of furan rings is 1. The maximum absolute atomic E-state index is 10.7. The number of nitro groups is 1. The average molecular weight is 354 g/mol. The Morgan fingerprint density at radius 2 is 2.00 bits per heavy atom. The molecule has 2 heterocycles. The molecule has 0 spiro atoms. The van der Waals surface area contributed by atoms with Crippen molar-refractivity contribution in [2.45, 2.75) is 12.6 Å². The largest absolute Gasteiger partial charge is 0.460 e. The number of non-ortho nitro benzene ring substituents is 1. The van der Waals surface area contributed by atoms with Crippen LogP contribution in [0.3, 0.4) is 0 Å². The number of β-amino-alcohol motifs (C(OH)–C–C–N with tert-alkyl or cyclic N) is 1. The summed E-state index contributed by atoms with van der Waals surface area (Å²) in [6.07, 6.45) is -0.297. The zero-order valence-electron chi connectivity index (χ0n) is 13.0. The van der Waals surface area contributed by atoms with Gasteiger partial charge in [-0.2, -0.15) is 0 Å². The maximum Gasteiger partial charge on any atom is 0.269 e. The summed E-state index contributed by atoms with van der Waals surface area (Å²) in [4.78, 5) is 10.2. The number of nitro benzene ring substituents is 1. The molecule has 1 aromatic heterocycles. The van der Waals surface area contributed by atoms with E-state index in [9.17, 15) is 15.2 Å². The van der Waals surface area contributed by atoms with Crippen LogP contribution in [0.15, 0.2) is 40.8 Å². The number of benzene rings is 1. The molecule has 1 aliphatic heterocycles. The van der Waals surface area contributed by atoms with Gasteiger partial charge in [-0.25, -0.2) is 0 Å². The summed E-state index contributed by atoms with van der Waals surface area (Å²) < 4.78 is 5.75. The Labute approximate surface area is 145 Å². The minimum Gasteiger partial charge on any atom is -0.460 e. The highest BCUT2D eigenvalue weighted by Crippen LogP contribution is 2.24. The Morgan fingerprint density at radius 3 is 2.62 bits per heavy atom. The third kappa shape index (κ3) is 4.33. The Bertz CT molecular complexity index is 674. The molecule has 130 valence electrons. The van der Waals surface area contributed by atoms with E-state index in [0.717, 1.165) is 24.4 Å². The van der Waals surface area contributed by atoms with E-state index in [-0.39, 0.29) is 30.1 Å². The lowest BCUT2D eigenvalue weighted by atomic mass is 10.1. The van der Waals surface area contributed by atoms with Crippen molar-refractivity contribution < 1.29 is 14.4 Å². The fraction of sp³-hybridized carbons (Fsp3) is 0.375. The second-order valence-electron chi connectivity index (χ2n) is 5.69. The topological polar surface area (TPSA) is 101 Å². The Hall–Kier alpha value is -1.93. The summed E-state index contributed by atoms with van der Waals surface area (Å²) in [7, 11) is 0. The fourth-order valence-electron chi connectivity index (χ4n) is 2.68. The van der Waals surface area contributed by atoms with E-state index in [1.165, 1.54) is 12.1 Å². The zero-order chi connectivity index (χ0) is 16.2. The van der Waals surface area contributed by atoms with Crippen LogP contribution in [0, 0.1) is 16.0 Å². The molecule has 0 amide bonds. The first-order valence-corrected chi connectivity index (χ1v) is 7.56. The van der Waals surface area contributed by atoms with Crippen LogP contribution in [0.5, 0.6) is 0 Å². The van der Waals surface area contributed by atoms with Crippen molar-refractivity contribution in [3.8, 4) is 11.3 Å². The molecule has 0 saturated carbocycles. The molecule has 1 saturated heterocycles. The first-order valence-electron chi connectivity index (χ1n) is 7.56. The molecule has 24 heavy (non-hydrogen) atoms. The van der Waals surface area contributed by atoms with Crippen LogP contribution in [-0.2, 0) is 6.54 Å². The van der Waals surface area contributed by atoms with Crippen LogP contribution in [0.4, 0.5) is 5.69 Å². The fourth-order valence-corrected chi connectivity index (χ4v) is 2.68. The summed E-state index contributed by atoms with van der Waals surface area (Å²) in [6.45, 7) is 2.77. The van der Waals surface area contributed by atoms with Crippen LogP contribution < -0.4 is 10.6 Å². The Morgan fingerprint density at radius 1 is 1.25 bits per heavy atom. The Kier molecular flexibility index (Phi) is 6.33. The standard InChI is InChI=1S/C16H19N3O4.ClH/c20-15-10-18-8-12(15)7-17-9-14-5-6-16(23-14)11-1-3-13(4-2-11)19(21)22;/h1-6,12,15,17-18,20H,7-10H2;1H. The third-order valence-corrected chi connectivity index (χ3v) is 4.03. The number of nitrogens with zero attached hydrogens (tertiary/aromatic N) is 1. The predicted octanol–water partition coefficient (Wildman–Crippen LogP) is 1.95. The Balaban J connectivity index is 0.00000208. The molecule has 7 nitrogen and oxygen atoms in total. The number of rotatable bonds is 6. The number of aliphatic hydroxyl groups is 1. The quantitative estimate of drug-likeness (QED) is 0.542. The van der Waals surface area contributed by atoms with E-state index in [0.29, 0.717) is 18.8 Å². The number of halogens is 1. The highest BCUT2D eigenvalue weighted by molar-refractivity contribution is 5.85. The lowest BCUT2D eigenvalue weighted by Crippen LogP contribution is -2.30. The van der Waals surface area contributed by atoms with Crippen molar-refractivity contribution in [3.05, 3.63) is 52.3 Å². The molecule has 3 rings (SSSR count). The minimum atomic E-state index is -0.423. The van der Waals surface area contributed by atoms with Crippen LogP contribution in [0.2, 0.25) is 0 Å². The molecular weight excluding hydrogens is 334 g/mol. The summed E-state index contributed by atoms with van der Waals surface area (Å²) >= 11 is 0. The van der Waals surface area contributed by atoms with E-state index >= 15 is 0 Å². The maximum atomic E-state index is 10.7. The molecule has 2 atom stereocenters. The number of hydrogen-bond donors (Lipinski definition) is 3. The molecule has 2 aromatic rings. The van der Waals surface area contributed by atoms with Gasteiger partial charge < -0.3 is 20.2 Å². The van der Waals surface area contributed by atoms with E-state index in [4.69, 9.17) is 4.42 Å². The first kappa shape index (κ1) is 18.4. The number of nitrogens with one attached hydrogen (secondary N) is 2. The van der Waals surface area contributed by atoms with E-state index < -0.39 is 4.92 Å². The first-order chi connectivity index (χ1) is 11.1. The van der Waals surface area contributed by atoms with Gasteiger partial charge in [0, 0.05) is 43.2 Å². The van der Waals surface area contributed by atoms with E-state index in [2.05, 4.69) is 10.6 Å². The molecule has 0 aliphatic carbocycles. The van der Waals surface area contributed by atoms with Crippen molar-refractivity contribution in [1.29, 1.82) is 0 Å². The molecule has 0 bridgehead atoms. The summed E-state index contributed by atoms with van der Waals surface area (Å²) in [5, 5.41) is 26.8. The lowest BCUT2D eigenvalue weighted by molar-refractivity contribution is -0.384. The minimum absolute atomic E-state index is 0. The van der Waals surface area contributed by atoms with E-state index in [1.54, 1.807) is 12.1 Å². The molecule has 0 radical (unpaired) electrons. The summed E-state index contributed by atoms with van der Waals surface area (Å²) in [5.74, 6) is 1.69. The second-order valence-corrected chi connectivity index (χ2v) is 5.69. The third-order valence-electron chi connectivity index (χ3n) is 4.03. The van der Waals surface area contributed by atoms with Crippen molar-refractivity contribution in [1.82, 2.24) is 10.6 Å². The predicted molar refractivity (Wildman–Crippen MR) is 92.1 cm³/mol. The molecule has 3 N–H and O–H groups in total. The SMILES string of the molecule is Cl.O=[N+]([O-])c1ccc(-c2ccc(CNCC3CNCC3O)o2)cc1. The lowest BCUT2D eigenvalue weighted by Gasteiger charge is -2.13. The molecule has 8 heteroatoms. The molecule has 2 unspecified atom stereocenters. The monoisotopic (exact) mass is 353 g/mol. The van der Waals surface area contributed by atoms with Crippen molar-refractivity contribution >= 4 is 18.1 Å². The molecule has 1 aliphatic rings. The van der Waals surface area contributed by atoms with Crippen molar-refractivity contribution in [2.24, 2.45) is 5.92 Å². The van der Waals surface area contributed by atoms with Crippen molar-refractivity contribution in [3.63, 3.8) is 0 Å². The van der Waals surface area contributed by atoms with Crippen LogP contribution in [-0.4, -0.2) is 35.8 Å². The van der Waals surface area contributed by atoms with Gasteiger partial charge in [0.05, 0.1) is 17.6 Å². The van der Waals surface area contributed by atoms with Gasteiger partial charge in [0.25, 0.3) is 5.69 Å². The van der Waals surface area contributed by atoms with Crippen LogP contribution >= 0.6 is 12.4 Å². The van der Waals surface area contributed by atoms with Crippen molar-refractivity contribution in [2.75, 3.05) is 19.6 Å². The number of aliphatic hydroxyl groups excluding tert-OH is 1. The molecule has 1 aromatic carbocycles. The van der Waals surface area contributed by atoms with Gasteiger partial charge in [0.1, 0.15) is 11.5 Å². The number of hydrogen-bond acceptors (Lipinski definition) is 6. The molecular formula is C16H20ClN3O4. The molecule has 1 fully saturated rings. The highest BCUT2D eigenvalue weighted by Gasteiger charge is 2.24. The smallest absolute Gasteiger partial charge is 0.269 e. The van der Waals surface area contributed by atoms with E-state index in [1.807, 2.05) is 12.1 Å². The summed E-state index contributed by atoms with van der Waals surface area (Å²) in [6, 6.07) is 10.0. The van der Waals surface area contributed by atoms with Crippen LogP contribution in [0.1, 0.15) is 5.76 Å². The van der Waals surface area contributed by atoms with Gasteiger partial charge >= 0.3 is 0 Å². The van der Waals surface area contributed by atoms with Gasteiger partial charge in [-0.1, -0.05) is 0 Å². The van der Waals surface area contributed by atoms with Crippen LogP contribution in [0.25, 0.3) is 11.3 Å². The van der Waals surface area contributed by atoms with Gasteiger partial charge in [-0.15, -0.1) is 12.4 Å².